The van der Waals surface area contributed by atoms with Crippen LogP contribution in [0.2, 0.25) is 5.02 Å². The van der Waals surface area contributed by atoms with Crippen molar-refractivity contribution < 1.29 is 10.0 Å². The van der Waals surface area contributed by atoms with Crippen molar-refractivity contribution in [3.63, 3.8) is 0 Å². The van der Waals surface area contributed by atoms with E-state index in [0.717, 1.165) is 5.56 Å². The average molecular weight is 294 g/mol. The largest absolute Gasteiger partial charge is 0.409 e. The molecular weight excluding hydrogens is 282 g/mol. The van der Waals surface area contributed by atoms with Crippen LogP contribution in [-0.4, -0.2) is 27.1 Å². The maximum Gasteiger partial charge on any atom is 0.256 e. The highest BCUT2D eigenvalue weighted by atomic mass is 35.5. The van der Waals surface area contributed by atoms with Gasteiger partial charge in [-0.2, -0.15) is 5.10 Å². The summed E-state index contributed by atoms with van der Waals surface area (Å²) in [6.07, 6.45) is 1.35. The number of anilines is 1. The van der Waals surface area contributed by atoms with E-state index in [-0.39, 0.29) is 17.6 Å². The Labute approximate surface area is 119 Å². The molecule has 1 heterocycles. The first-order valence-corrected chi connectivity index (χ1v) is 5.99. The molecule has 1 amide bonds. The molecule has 0 aliphatic heterocycles. The van der Waals surface area contributed by atoms with Crippen molar-refractivity contribution in [2.24, 2.45) is 10.9 Å². The van der Waals surface area contributed by atoms with Gasteiger partial charge in [0.1, 0.15) is 5.82 Å². The Kier molecular flexibility index (Phi) is 3.90. The molecule has 0 saturated heterocycles. The number of amidine groups is 1. The number of carbonyl (C=O) groups excluding carboxylic acids is 1. The summed E-state index contributed by atoms with van der Waals surface area (Å²) in [5, 5.41) is 21.0. The monoisotopic (exact) mass is 293 g/mol. The summed E-state index contributed by atoms with van der Waals surface area (Å²) >= 11 is 5.91. The first-order chi connectivity index (χ1) is 9.52. The fraction of sp³-hybridized carbons (Fsp3) is 0.0833. The normalized spacial score (nSPS) is 11.4. The van der Waals surface area contributed by atoms with Crippen LogP contribution in [0.15, 0.2) is 29.6 Å². The summed E-state index contributed by atoms with van der Waals surface area (Å²) in [7, 11) is 0. The quantitative estimate of drug-likeness (QED) is 0.298. The smallest absolute Gasteiger partial charge is 0.256 e. The third-order valence-electron chi connectivity index (χ3n) is 2.68. The first kappa shape index (κ1) is 13.9. The van der Waals surface area contributed by atoms with E-state index in [1.54, 1.807) is 25.1 Å². The molecule has 0 radical (unpaired) electrons. The lowest BCUT2D eigenvalue weighted by molar-refractivity contribution is 0.102. The number of nitrogens with two attached hydrogens (primary N) is 1. The van der Waals surface area contributed by atoms with Crippen molar-refractivity contribution >= 4 is 29.2 Å². The van der Waals surface area contributed by atoms with Crippen LogP contribution in [0.25, 0.3) is 0 Å². The second kappa shape index (κ2) is 5.62. The molecular formula is C12H12ClN5O2. The maximum absolute atomic E-state index is 12.1. The van der Waals surface area contributed by atoms with Gasteiger partial charge < -0.3 is 16.3 Å². The lowest BCUT2D eigenvalue weighted by atomic mass is 10.1. The van der Waals surface area contributed by atoms with Gasteiger partial charge in [0.25, 0.3) is 5.91 Å². The molecule has 8 heteroatoms. The highest BCUT2D eigenvalue weighted by Gasteiger charge is 2.14. The Morgan fingerprint density at radius 2 is 2.30 bits per heavy atom. The zero-order chi connectivity index (χ0) is 14.7. The molecule has 1 aromatic heterocycles. The molecule has 0 saturated carbocycles. The number of hydrogen-bond donors (Lipinski definition) is 4. The summed E-state index contributed by atoms with van der Waals surface area (Å²) < 4.78 is 0. The van der Waals surface area contributed by atoms with Gasteiger partial charge >= 0.3 is 0 Å². The van der Waals surface area contributed by atoms with Crippen molar-refractivity contribution in [1.29, 1.82) is 0 Å². The molecule has 0 aliphatic rings. The molecule has 0 fully saturated rings. The fourth-order valence-corrected chi connectivity index (χ4v) is 1.72. The van der Waals surface area contributed by atoms with Gasteiger partial charge in [-0.3, -0.25) is 9.89 Å². The lowest BCUT2D eigenvalue weighted by Crippen LogP contribution is -2.18. The van der Waals surface area contributed by atoms with E-state index in [9.17, 15) is 4.79 Å². The van der Waals surface area contributed by atoms with Crippen LogP contribution in [0.5, 0.6) is 0 Å². The van der Waals surface area contributed by atoms with E-state index < -0.39 is 0 Å². The molecule has 20 heavy (non-hydrogen) atoms. The van der Waals surface area contributed by atoms with Gasteiger partial charge in [-0.05, 0) is 30.7 Å². The molecule has 0 spiro atoms. The van der Waals surface area contributed by atoms with Gasteiger partial charge in [-0.15, -0.1) is 0 Å². The predicted octanol–water partition coefficient (Wildman–Crippen LogP) is 1.72. The van der Waals surface area contributed by atoms with Gasteiger partial charge in [-0.25, -0.2) is 0 Å². The molecule has 2 rings (SSSR count). The van der Waals surface area contributed by atoms with Crippen LogP contribution in [0.3, 0.4) is 0 Å². The van der Waals surface area contributed by atoms with E-state index in [1.165, 1.54) is 6.20 Å². The summed E-state index contributed by atoms with van der Waals surface area (Å²) in [5.74, 6) is -0.264. The minimum absolute atomic E-state index is 0.152. The number of H-pyrrole nitrogens is 1. The second-order valence-electron chi connectivity index (χ2n) is 4.06. The second-order valence-corrected chi connectivity index (χ2v) is 4.47. The highest BCUT2D eigenvalue weighted by molar-refractivity contribution is 6.31. The summed E-state index contributed by atoms with van der Waals surface area (Å²) in [6.45, 7) is 1.80. The molecule has 0 bridgehead atoms. The molecule has 1 aromatic carbocycles. The predicted molar refractivity (Wildman–Crippen MR) is 75.2 cm³/mol. The third-order valence-corrected chi connectivity index (χ3v) is 3.11. The van der Waals surface area contributed by atoms with Crippen LogP contribution < -0.4 is 11.1 Å². The molecule has 104 valence electrons. The topological polar surface area (TPSA) is 116 Å². The van der Waals surface area contributed by atoms with Crippen LogP contribution in [0, 0.1) is 6.92 Å². The molecule has 0 atom stereocenters. The van der Waals surface area contributed by atoms with Crippen LogP contribution in [0.4, 0.5) is 5.82 Å². The SMILES string of the molecule is Cc1cc(C(=O)Nc2[nH]ncc2/C(N)=N/O)ccc1Cl. The van der Waals surface area contributed by atoms with E-state index in [4.69, 9.17) is 22.5 Å². The van der Waals surface area contributed by atoms with E-state index >= 15 is 0 Å². The van der Waals surface area contributed by atoms with Crippen molar-refractivity contribution in [2.75, 3.05) is 5.32 Å². The Balaban J connectivity index is 2.24. The van der Waals surface area contributed by atoms with Crippen molar-refractivity contribution in [1.82, 2.24) is 10.2 Å². The lowest BCUT2D eigenvalue weighted by Gasteiger charge is -2.06. The maximum atomic E-state index is 12.1. The number of benzene rings is 1. The number of carbonyl (C=O) groups is 1. The summed E-state index contributed by atoms with van der Waals surface area (Å²) in [5.41, 5.74) is 7.00. The molecule has 2 aromatic rings. The number of nitrogens with zero attached hydrogens (tertiary/aromatic N) is 2. The number of aryl methyl sites for hydroxylation is 1. The van der Waals surface area contributed by atoms with Crippen LogP contribution >= 0.6 is 11.6 Å². The number of hydrogen-bond acceptors (Lipinski definition) is 4. The van der Waals surface area contributed by atoms with Crippen LogP contribution in [-0.2, 0) is 0 Å². The van der Waals surface area contributed by atoms with E-state index in [1.807, 2.05) is 0 Å². The van der Waals surface area contributed by atoms with Crippen LogP contribution in [0.1, 0.15) is 21.5 Å². The number of aromatic nitrogens is 2. The number of halogens is 1. The Morgan fingerprint density at radius 1 is 1.55 bits per heavy atom. The van der Waals surface area contributed by atoms with Gasteiger partial charge in [0.2, 0.25) is 0 Å². The van der Waals surface area contributed by atoms with Gasteiger partial charge in [0.05, 0.1) is 11.8 Å². The molecule has 0 unspecified atom stereocenters. The van der Waals surface area contributed by atoms with Gasteiger partial charge in [0.15, 0.2) is 5.84 Å². The number of rotatable bonds is 3. The molecule has 7 nitrogen and oxygen atoms in total. The van der Waals surface area contributed by atoms with Crippen molar-refractivity contribution in [3.05, 3.63) is 46.1 Å². The number of amides is 1. The van der Waals surface area contributed by atoms with Crippen molar-refractivity contribution in [2.45, 2.75) is 6.92 Å². The Morgan fingerprint density at radius 3 is 2.95 bits per heavy atom. The minimum atomic E-state index is -0.360. The number of aromatic amines is 1. The molecule has 5 N–H and O–H groups in total. The van der Waals surface area contributed by atoms with E-state index in [2.05, 4.69) is 20.7 Å². The summed E-state index contributed by atoms with van der Waals surface area (Å²) in [4.78, 5) is 12.1. The third kappa shape index (κ3) is 2.72. The summed E-state index contributed by atoms with van der Waals surface area (Å²) in [6, 6.07) is 4.91. The zero-order valence-corrected chi connectivity index (χ0v) is 11.3. The van der Waals surface area contributed by atoms with E-state index in [0.29, 0.717) is 16.1 Å². The standard InChI is InChI=1S/C12H12ClN5O2/c1-6-4-7(2-3-9(6)13)12(19)16-11-8(5-15-17-11)10(14)18-20/h2-5,20H,1H3,(H2,14,18)(H2,15,16,17,19). The average Bonchev–Trinajstić information content (AvgIpc) is 2.89. The zero-order valence-electron chi connectivity index (χ0n) is 10.5. The number of nitrogens with one attached hydrogen (secondary N) is 2. The Bertz CT molecular complexity index is 680. The number of oxime groups is 1. The fourth-order valence-electron chi connectivity index (χ4n) is 1.60. The highest BCUT2D eigenvalue weighted by Crippen LogP contribution is 2.18. The van der Waals surface area contributed by atoms with Crippen molar-refractivity contribution in [3.8, 4) is 0 Å². The van der Waals surface area contributed by atoms with Gasteiger partial charge in [0, 0.05) is 10.6 Å². The van der Waals surface area contributed by atoms with Gasteiger partial charge in [-0.1, -0.05) is 16.8 Å². The molecule has 0 aliphatic carbocycles. The Hall–Kier alpha value is -2.54. The minimum Gasteiger partial charge on any atom is -0.409 e. The first-order valence-electron chi connectivity index (χ1n) is 5.61.